The second-order valence-electron chi connectivity index (χ2n) is 4.47. The molecule has 1 heterocycles. The van der Waals surface area contributed by atoms with E-state index in [0.29, 0.717) is 18.8 Å². The molecule has 0 aliphatic carbocycles. The highest BCUT2D eigenvalue weighted by molar-refractivity contribution is 7.90. The molecule has 0 aromatic heterocycles. The molecule has 1 aliphatic rings. The molecule has 2 rings (SSSR count). The van der Waals surface area contributed by atoms with Crippen LogP contribution in [0, 0.1) is 0 Å². The molecule has 0 saturated carbocycles. The van der Waals surface area contributed by atoms with Gasteiger partial charge in [0.1, 0.15) is 0 Å². The van der Waals surface area contributed by atoms with Crippen molar-refractivity contribution in [2.24, 2.45) is 5.73 Å². The predicted octanol–water partition coefficient (Wildman–Crippen LogP) is 1.16. The summed E-state index contributed by atoms with van der Waals surface area (Å²) in [6.07, 6.45) is 2.78. The van der Waals surface area contributed by atoms with Crippen LogP contribution in [0.5, 0.6) is 0 Å². The Morgan fingerprint density at radius 1 is 1.28 bits per heavy atom. The number of hydrogen-bond donors (Lipinski definition) is 2. The molecule has 1 aromatic rings. The maximum absolute atomic E-state index is 12.3. The molecule has 0 spiro atoms. The Bertz CT molecular complexity index is 475. The van der Waals surface area contributed by atoms with Gasteiger partial charge in [-0.25, -0.2) is 0 Å². The van der Waals surface area contributed by atoms with E-state index < -0.39 is 10.2 Å². The van der Waals surface area contributed by atoms with Crippen molar-refractivity contribution < 1.29 is 8.42 Å². The average Bonchev–Trinajstić information content (AvgIpc) is 2.39. The highest BCUT2D eigenvalue weighted by atomic mass is 32.2. The first-order valence-corrected chi connectivity index (χ1v) is 7.62. The zero-order valence-corrected chi connectivity index (χ0v) is 11.1. The Kier molecular flexibility index (Phi) is 4.21. The topological polar surface area (TPSA) is 75.4 Å². The Hall–Kier alpha value is -1.11. The van der Waals surface area contributed by atoms with Crippen LogP contribution >= 0.6 is 0 Å². The summed E-state index contributed by atoms with van der Waals surface area (Å²) in [7, 11) is -3.49. The summed E-state index contributed by atoms with van der Waals surface area (Å²) in [5.41, 5.74) is 6.23. The van der Waals surface area contributed by atoms with E-state index in [4.69, 9.17) is 5.73 Å². The van der Waals surface area contributed by atoms with E-state index in [1.165, 1.54) is 4.31 Å². The van der Waals surface area contributed by atoms with Crippen molar-refractivity contribution in [3.63, 3.8) is 0 Å². The van der Waals surface area contributed by atoms with Gasteiger partial charge in [-0.05, 0) is 25.0 Å². The average molecular weight is 269 g/mol. The molecule has 3 N–H and O–H groups in total. The Labute approximate surface area is 108 Å². The van der Waals surface area contributed by atoms with Crippen molar-refractivity contribution in [3.8, 4) is 0 Å². The molecule has 6 heteroatoms. The van der Waals surface area contributed by atoms with Crippen LogP contribution in [0.2, 0.25) is 0 Å². The molecular weight excluding hydrogens is 250 g/mol. The van der Waals surface area contributed by atoms with E-state index in [-0.39, 0.29) is 6.04 Å². The molecular formula is C12H19N3O2S. The summed E-state index contributed by atoms with van der Waals surface area (Å²) in [5, 5.41) is 0. The fourth-order valence-corrected chi connectivity index (χ4v) is 3.74. The molecule has 1 fully saturated rings. The zero-order valence-electron chi connectivity index (χ0n) is 10.2. The molecule has 5 nitrogen and oxygen atoms in total. The van der Waals surface area contributed by atoms with Gasteiger partial charge in [-0.15, -0.1) is 0 Å². The van der Waals surface area contributed by atoms with E-state index in [1.807, 2.05) is 6.07 Å². The lowest BCUT2D eigenvalue weighted by Crippen LogP contribution is -2.49. The monoisotopic (exact) mass is 269 g/mol. The third-order valence-corrected chi connectivity index (χ3v) is 4.77. The van der Waals surface area contributed by atoms with Gasteiger partial charge in [-0.3, -0.25) is 4.72 Å². The number of rotatable bonds is 4. The molecule has 0 bridgehead atoms. The van der Waals surface area contributed by atoms with Gasteiger partial charge in [-0.1, -0.05) is 24.6 Å². The minimum absolute atomic E-state index is 0.0834. The van der Waals surface area contributed by atoms with E-state index in [0.717, 1.165) is 19.3 Å². The quantitative estimate of drug-likeness (QED) is 0.861. The molecule has 0 amide bonds. The van der Waals surface area contributed by atoms with Crippen molar-refractivity contribution in [2.75, 3.05) is 17.8 Å². The van der Waals surface area contributed by atoms with E-state index in [9.17, 15) is 8.42 Å². The molecule has 1 saturated heterocycles. The van der Waals surface area contributed by atoms with Crippen LogP contribution in [0.25, 0.3) is 0 Å². The normalized spacial score (nSPS) is 21.7. The number of hydrogen-bond acceptors (Lipinski definition) is 3. The van der Waals surface area contributed by atoms with Crippen LogP contribution in [0.4, 0.5) is 5.69 Å². The van der Waals surface area contributed by atoms with Gasteiger partial charge in [0.15, 0.2) is 0 Å². The number of nitrogens with one attached hydrogen (secondary N) is 1. The Morgan fingerprint density at radius 2 is 2.00 bits per heavy atom. The zero-order chi connectivity index (χ0) is 13.0. The second-order valence-corrected chi connectivity index (χ2v) is 6.09. The molecule has 1 atom stereocenters. The van der Waals surface area contributed by atoms with Gasteiger partial charge in [0, 0.05) is 24.8 Å². The second kappa shape index (κ2) is 5.69. The Balaban J connectivity index is 2.14. The fourth-order valence-electron chi connectivity index (χ4n) is 2.24. The van der Waals surface area contributed by atoms with Gasteiger partial charge in [0.25, 0.3) is 0 Å². The molecule has 1 aliphatic heterocycles. The van der Waals surface area contributed by atoms with Crippen molar-refractivity contribution in [3.05, 3.63) is 30.3 Å². The van der Waals surface area contributed by atoms with Crippen molar-refractivity contribution in [2.45, 2.75) is 25.3 Å². The number of piperidine rings is 1. The van der Waals surface area contributed by atoms with Crippen LogP contribution in [0.15, 0.2) is 30.3 Å². The maximum atomic E-state index is 12.3. The fraction of sp³-hybridized carbons (Fsp3) is 0.500. The number of nitrogens with two attached hydrogens (primary N) is 1. The first-order chi connectivity index (χ1) is 8.63. The van der Waals surface area contributed by atoms with Crippen LogP contribution in [-0.2, 0) is 10.2 Å². The smallest absolute Gasteiger partial charge is 0.301 e. The lowest BCUT2D eigenvalue weighted by Gasteiger charge is -2.33. The molecule has 18 heavy (non-hydrogen) atoms. The van der Waals surface area contributed by atoms with Crippen LogP contribution in [0.3, 0.4) is 0 Å². The summed E-state index contributed by atoms with van der Waals surface area (Å²) in [6, 6.07) is 8.84. The largest absolute Gasteiger partial charge is 0.329 e. The minimum atomic E-state index is -3.49. The van der Waals surface area contributed by atoms with E-state index >= 15 is 0 Å². The third-order valence-electron chi connectivity index (χ3n) is 3.17. The lowest BCUT2D eigenvalue weighted by atomic mass is 10.1. The predicted molar refractivity (Wildman–Crippen MR) is 72.4 cm³/mol. The summed E-state index contributed by atoms with van der Waals surface area (Å²) in [5.74, 6) is 0. The highest BCUT2D eigenvalue weighted by Crippen LogP contribution is 2.21. The van der Waals surface area contributed by atoms with Crippen molar-refractivity contribution in [1.82, 2.24) is 4.31 Å². The van der Waals surface area contributed by atoms with Gasteiger partial charge >= 0.3 is 10.2 Å². The van der Waals surface area contributed by atoms with Gasteiger partial charge < -0.3 is 5.73 Å². The van der Waals surface area contributed by atoms with Gasteiger partial charge in [0.2, 0.25) is 0 Å². The molecule has 1 unspecified atom stereocenters. The van der Waals surface area contributed by atoms with Gasteiger partial charge in [0.05, 0.1) is 0 Å². The Morgan fingerprint density at radius 3 is 2.67 bits per heavy atom. The molecule has 0 radical (unpaired) electrons. The van der Waals surface area contributed by atoms with Crippen LogP contribution < -0.4 is 10.5 Å². The molecule has 1 aromatic carbocycles. The van der Waals surface area contributed by atoms with Gasteiger partial charge in [-0.2, -0.15) is 12.7 Å². The number of anilines is 1. The summed E-state index contributed by atoms with van der Waals surface area (Å²) >= 11 is 0. The van der Waals surface area contributed by atoms with Crippen molar-refractivity contribution >= 4 is 15.9 Å². The first-order valence-electron chi connectivity index (χ1n) is 6.18. The van der Waals surface area contributed by atoms with E-state index in [2.05, 4.69) is 4.72 Å². The summed E-state index contributed by atoms with van der Waals surface area (Å²) in [4.78, 5) is 0. The summed E-state index contributed by atoms with van der Waals surface area (Å²) < 4.78 is 28.7. The van der Waals surface area contributed by atoms with Crippen LogP contribution in [0.1, 0.15) is 19.3 Å². The van der Waals surface area contributed by atoms with Crippen LogP contribution in [-0.4, -0.2) is 31.9 Å². The number of nitrogens with zero attached hydrogens (tertiary/aromatic N) is 1. The summed E-state index contributed by atoms with van der Waals surface area (Å²) in [6.45, 7) is 0.916. The van der Waals surface area contributed by atoms with E-state index in [1.54, 1.807) is 24.3 Å². The number of para-hydroxylation sites is 1. The molecule has 100 valence electrons. The SMILES string of the molecule is NCC1CCCCN1S(=O)(=O)Nc1ccccc1. The minimum Gasteiger partial charge on any atom is -0.329 e. The highest BCUT2D eigenvalue weighted by Gasteiger charge is 2.31. The van der Waals surface area contributed by atoms with Crippen molar-refractivity contribution in [1.29, 1.82) is 0 Å². The lowest BCUT2D eigenvalue weighted by molar-refractivity contribution is 0.259. The first kappa shape index (κ1) is 13.3. The number of benzene rings is 1. The third kappa shape index (κ3) is 3.01. The maximum Gasteiger partial charge on any atom is 0.301 e. The standard InChI is InChI=1S/C12H19N3O2S/c13-10-12-8-4-5-9-15(12)18(16,17)14-11-6-2-1-3-7-11/h1-3,6-7,12,14H,4-5,8-10,13H2.